The van der Waals surface area contributed by atoms with Gasteiger partial charge in [-0.3, -0.25) is 0 Å². The second kappa shape index (κ2) is 11.5. The summed E-state index contributed by atoms with van der Waals surface area (Å²) in [6, 6.07) is 55.1. The van der Waals surface area contributed by atoms with E-state index in [0.717, 1.165) is 0 Å². The molecule has 0 aliphatic rings. The molecule has 0 spiro atoms. The Hall–Kier alpha value is -4.77. The molecule has 0 aromatic heterocycles. The van der Waals surface area contributed by atoms with Crippen LogP contribution in [0.3, 0.4) is 0 Å². The Morgan fingerprint density at radius 2 is 0.979 bits per heavy atom. The molecule has 0 unspecified atom stereocenters. The van der Waals surface area contributed by atoms with Gasteiger partial charge in [0.1, 0.15) is 0 Å². The van der Waals surface area contributed by atoms with Crippen LogP contribution >= 0.6 is 0 Å². The smallest absolute Gasteiger partial charge is 0.0671 e. The summed E-state index contributed by atoms with van der Waals surface area (Å²) in [6.07, 6.45) is 0. The van der Waals surface area contributed by atoms with Crippen molar-refractivity contribution in [2.75, 3.05) is 0 Å². The Morgan fingerprint density at radius 1 is 0.404 bits per heavy atom. The molecule has 47 heavy (non-hydrogen) atoms. The molecule has 2 heteroatoms. The summed E-state index contributed by atoms with van der Waals surface area (Å²) in [5.74, 6) is 0. The monoisotopic (exact) mass is 635 g/mol. The van der Waals surface area contributed by atoms with Gasteiger partial charge in [0.15, 0.2) is 0 Å². The summed E-state index contributed by atoms with van der Waals surface area (Å²) in [6.45, 7) is 12.1. The SMILES string of the molecule is C[Si](C)c1ccc2c(-c3ccc4cc([Si](C)(C)C)ccc4c3)c3ccccc3c(-c3ccc(-c4cccc5ccccc45)cc3)c2c1. The quantitative estimate of drug-likeness (QED) is 0.130. The predicted molar refractivity (Wildman–Crippen MR) is 213 cm³/mol. The lowest BCUT2D eigenvalue weighted by atomic mass is 9.85. The van der Waals surface area contributed by atoms with Crippen molar-refractivity contribution in [1.82, 2.24) is 0 Å². The molecule has 8 rings (SSSR count). The van der Waals surface area contributed by atoms with Gasteiger partial charge in [0.05, 0.1) is 16.9 Å². The third kappa shape index (κ3) is 5.22. The van der Waals surface area contributed by atoms with Gasteiger partial charge in [0.25, 0.3) is 0 Å². The normalized spacial score (nSPS) is 12.1. The molecular weight excluding hydrogens is 597 g/mol. The molecule has 0 aliphatic carbocycles. The summed E-state index contributed by atoms with van der Waals surface area (Å²) >= 11 is 0. The maximum Gasteiger partial charge on any atom is 0.0791 e. The fourth-order valence-corrected chi connectivity index (χ4v) is 9.29. The molecule has 8 aromatic rings. The molecule has 0 saturated heterocycles. The van der Waals surface area contributed by atoms with E-state index >= 15 is 0 Å². The van der Waals surface area contributed by atoms with Gasteiger partial charge in [0.2, 0.25) is 0 Å². The van der Waals surface area contributed by atoms with Crippen molar-refractivity contribution >= 4 is 70.3 Å². The average Bonchev–Trinajstić information content (AvgIpc) is 3.09. The minimum absolute atomic E-state index is 0.634. The molecule has 0 heterocycles. The second-order valence-electron chi connectivity index (χ2n) is 14.2. The van der Waals surface area contributed by atoms with Gasteiger partial charge in [0, 0.05) is 0 Å². The Balaban J connectivity index is 1.36. The van der Waals surface area contributed by atoms with Crippen LogP contribution in [0.25, 0.3) is 76.5 Å². The van der Waals surface area contributed by atoms with E-state index in [9.17, 15) is 0 Å². The lowest BCUT2D eigenvalue weighted by Gasteiger charge is -2.20. The Labute approximate surface area is 281 Å². The van der Waals surface area contributed by atoms with Crippen LogP contribution in [0.5, 0.6) is 0 Å². The lowest BCUT2D eigenvalue weighted by molar-refractivity contribution is 1.63. The van der Waals surface area contributed by atoms with Crippen LogP contribution in [-0.4, -0.2) is 16.9 Å². The highest BCUT2D eigenvalue weighted by molar-refractivity contribution is 6.88. The Bertz CT molecular complexity index is 2460. The van der Waals surface area contributed by atoms with Crippen molar-refractivity contribution in [3.8, 4) is 33.4 Å². The molecule has 0 atom stereocenters. The molecule has 0 N–H and O–H groups in total. The number of benzene rings is 8. The first-order valence-corrected chi connectivity index (χ1v) is 22.7. The molecule has 8 aromatic carbocycles. The molecule has 0 aliphatic heterocycles. The zero-order valence-electron chi connectivity index (χ0n) is 27.9. The number of hydrogen-bond acceptors (Lipinski definition) is 0. The van der Waals surface area contributed by atoms with Crippen LogP contribution in [-0.2, 0) is 0 Å². The number of rotatable bonds is 5. The van der Waals surface area contributed by atoms with Gasteiger partial charge < -0.3 is 0 Å². The summed E-state index contributed by atoms with van der Waals surface area (Å²) in [5, 5.41) is 13.4. The Kier molecular flexibility index (Phi) is 7.24. The predicted octanol–water partition coefficient (Wildman–Crippen LogP) is 11.8. The highest BCUT2D eigenvalue weighted by Crippen LogP contribution is 2.44. The van der Waals surface area contributed by atoms with E-state index in [2.05, 4.69) is 178 Å². The lowest BCUT2D eigenvalue weighted by Crippen LogP contribution is -2.37. The van der Waals surface area contributed by atoms with Crippen LogP contribution in [0.1, 0.15) is 0 Å². The van der Waals surface area contributed by atoms with Crippen LogP contribution in [0.4, 0.5) is 0 Å². The van der Waals surface area contributed by atoms with Crippen LogP contribution < -0.4 is 10.4 Å². The molecular formula is C45H39Si2. The highest BCUT2D eigenvalue weighted by Gasteiger charge is 2.20. The highest BCUT2D eigenvalue weighted by atomic mass is 28.3. The van der Waals surface area contributed by atoms with Crippen LogP contribution in [0.2, 0.25) is 32.7 Å². The first-order valence-electron chi connectivity index (χ1n) is 16.7. The molecule has 0 amide bonds. The van der Waals surface area contributed by atoms with Crippen molar-refractivity contribution < 1.29 is 0 Å². The van der Waals surface area contributed by atoms with Crippen molar-refractivity contribution in [2.24, 2.45) is 0 Å². The fourth-order valence-electron chi connectivity index (χ4n) is 7.27. The van der Waals surface area contributed by atoms with Crippen molar-refractivity contribution in [3.63, 3.8) is 0 Å². The summed E-state index contributed by atoms with van der Waals surface area (Å²) in [4.78, 5) is 0. The number of fused-ring (bicyclic) bond motifs is 4. The van der Waals surface area contributed by atoms with E-state index in [-0.39, 0.29) is 0 Å². The van der Waals surface area contributed by atoms with Crippen LogP contribution in [0, 0.1) is 0 Å². The largest absolute Gasteiger partial charge is 0.0791 e. The van der Waals surface area contributed by atoms with Gasteiger partial charge >= 0.3 is 0 Å². The first kappa shape index (κ1) is 29.6. The van der Waals surface area contributed by atoms with E-state index in [1.165, 1.54) is 86.8 Å². The van der Waals surface area contributed by atoms with Gasteiger partial charge in [-0.25, -0.2) is 0 Å². The fraction of sp³-hybridized carbons (Fsp3) is 0.111. The van der Waals surface area contributed by atoms with Gasteiger partial charge in [-0.2, -0.15) is 0 Å². The van der Waals surface area contributed by atoms with Crippen molar-refractivity contribution in [2.45, 2.75) is 32.7 Å². The zero-order chi connectivity index (χ0) is 32.3. The minimum Gasteiger partial charge on any atom is -0.0671 e. The van der Waals surface area contributed by atoms with Gasteiger partial charge in [-0.05, 0) is 82.5 Å². The minimum atomic E-state index is -1.39. The summed E-state index contributed by atoms with van der Waals surface area (Å²) < 4.78 is 0. The Morgan fingerprint density at radius 3 is 1.70 bits per heavy atom. The van der Waals surface area contributed by atoms with Crippen LogP contribution in [0.15, 0.2) is 146 Å². The van der Waals surface area contributed by atoms with E-state index in [1.807, 2.05) is 0 Å². The van der Waals surface area contributed by atoms with Gasteiger partial charge in [-0.15, -0.1) is 0 Å². The molecule has 0 nitrogen and oxygen atoms in total. The summed E-state index contributed by atoms with van der Waals surface area (Å²) in [7, 11) is -2.02. The molecule has 0 fully saturated rings. The molecule has 227 valence electrons. The zero-order valence-corrected chi connectivity index (χ0v) is 29.9. The third-order valence-electron chi connectivity index (χ3n) is 9.87. The van der Waals surface area contributed by atoms with Crippen molar-refractivity contribution in [1.29, 1.82) is 0 Å². The van der Waals surface area contributed by atoms with Crippen molar-refractivity contribution in [3.05, 3.63) is 146 Å². The van der Waals surface area contributed by atoms with E-state index < -0.39 is 16.9 Å². The number of hydrogen-bond donors (Lipinski definition) is 0. The standard InChI is InChI=1S/C45H39Si2/c1-46(2)36-24-26-42-43(29-36)44(32-19-17-31(18-20-32)39-16-10-12-30-11-6-7-13-38(30)39)40-14-8-9-15-41(40)45(42)35-22-21-34-28-37(47(3,4)5)25-23-33(34)27-35/h6-29H,1-5H3. The van der Waals surface area contributed by atoms with E-state index in [4.69, 9.17) is 0 Å². The van der Waals surface area contributed by atoms with Gasteiger partial charge in [-0.1, -0.05) is 183 Å². The first-order chi connectivity index (χ1) is 22.8. The summed E-state index contributed by atoms with van der Waals surface area (Å²) in [5.41, 5.74) is 7.72. The third-order valence-corrected chi connectivity index (χ3v) is 13.4. The maximum atomic E-state index is 2.49. The second-order valence-corrected chi connectivity index (χ2v) is 21.8. The topological polar surface area (TPSA) is 0 Å². The molecule has 0 bridgehead atoms. The maximum absolute atomic E-state index is 2.49. The average molecular weight is 636 g/mol. The molecule has 1 radical (unpaired) electrons. The van der Waals surface area contributed by atoms with E-state index in [0.29, 0.717) is 0 Å². The molecule has 0 saturated carbocycles. The van der Waals surface area contributed by atoms with E-state index in [1.54, 1.807) is 0 Å².